The molecule has 0 unspecified atom stereocenters. The van der Waals surface area contributed by atoms with Gasteiger partial charge in [-0.15, -0.1) is 23.1 Å². The van der Waals surface area contributed by atoms with Gasteiger partial charge in [-0.2, -0.15) is 0 Å². The zero-order valence-electron chi connectivity index (χ0n) is 16.6. The molecule has 28 heavy (non-hydrogen) atoms. The second kappa shape index (κ2) is 9.39. The highest BCUT2D eigenvalue weighted by Gasteiger charge is 2.21. The lowest BCUT2D eigenvalue weighted by Gasteiger charge is -2.11. The van der Waals surface area contributed by atoms with Crippen LogP contribution in [-0.2, 0) is 10.5 Å². The van der Waals surface area contributed by atoms with E-state index in [-0.39, 0.29) is 5.97 Å². The van der Waals surface area contributed by atoms with Crippen LogP contribution in [0.5, 0.6) is 0 Å². The third-order valence-corrected chi connectivity index (χ3v) is 6.26. The molecule has 0 aliphatic heterocycles. The lowest BCUT2D eigenvalue weighted by Crippen LogP contribution is -2.11. The highest BCUT2D eigenvalue weighted by atomic mass is 32.2. The Kier molecular flexibility index (Phi) is 6.91. The van der Waals surface area contributed by atoms with Gasteiger partial charge in [0.05, 0.1) is 17.7 Å². The number of hydrogen-bond donors (Lipinski definition) is 1. The van der Waals surface area contributed by atoms with Crippen molar-refractivity contribution in [2.75, 3.05) is 18.5 Å². The van der Waals surface area contributed by atoms with Crippen LogP contribution in [0, 0.1) is 12.8 Å². The van der Waals surface area contributed by atoms with Gasteiger partial charge in [0.1, 0.15) is 21.3 Å². The van der Waals surface area contributed by atoms with Crippen LogP contribution in [0.15, 0.2) is 35.2 Å². The zero-order chi connectivity index (χ0) is 20.1. The first-order valence-corrected chi connectivity index (χ1v) is 11.2. The number of carbonyl (C=O) groups excluding carboxylic acids is 1. The summed E-state index contributed by atoms with van der Waals surface area (Å²) in [6.07, 6.45) is 0. The van der Waals surface area contributed by atoms with Crippen molar-refractivity contribution in [3.8, 4) is 0 Å². The predicted molar refractivity (Wildman–Crippen MR) is 117 cm³/mol. The number of rotatable bonds is 8. The summed E-state index contributed by atoms with van der Waals surface area (Å²) in [6, 6.07) is 10.2. The fourth-order valence-corrected chi connectivity index (χ4v) is 4.60. The summed E-state index contributed by atoms with van der Waals surface area (Å²) in [7, 11) is 0. The van der Waals surface area contributed by atoms with Crippen molar-refractivity contribution in [2.45, 2.75) is 38.3 Å². The summed E-state index contributed by atoms with van der Waals surface area (Å²) in [6.45, 7) is 9.23. The molecule has 3 aromatic rings. The number of nitrogens with one attached hydrogen (secondary N) is 1. The molecule has 0 radical (unpaired) electrons. The van der Waals surface area contributed by atoms with E-state index >= 15 is 0 Å². The molecule has 2 heterocycles. The van der Waals surface area contributed by atoms with Gasteiger partial charge in [0.2, 0.25) is 0 Å². The van der Waals surface area contributed by atoms with Gasteiger partial charge < -0.3 is 10.1 Å². The third kappa shape index (κ3) is 4.83. The van der Waals surface area contributed by atoms with Gasteiger partial charge in [-0.3, -0.25) is 0 Å². The van der Waals surface area contributed by atoms with Crippen LogP contribution in [0.3, 0.4) is 0 Å². The Bertz CT molecular complexity index is 955. The largest absolute Gasteiger partial charge is 0.462 e. The standard InChI is InChI=1S/C21H25N3O2S2/c1-5-26-21(25)18-14(4)17-19(22-11-13(2)3)23-16(24-20(17)28-18)12-27-15-9-7-6-8-10-15/h6-10,13H,5,11-12H2,1-4H3,(H,22,23,24). The Morgan fingerprint density at radius 2 is 2.00 bits per heavy atom. The fraction of sp³-hybridized carbons (Fsp3) is 0.381. The minimum atomic E-state index is -0.293. The second-order valence-corrected chi connectivity index (χ2v) is 8.87. The average molecular weight is 416 g/mol. The predicted octanol–water partition coefficient (Wildman–Crippen LogP) is 5.54. The SMILES string of the molecule is CCOC(=O)c1sc2nc(CSc3ccccc3)nc(NCC(C)C)c2c1C. The molecule has 0 fully saturated rings. The Morgan fingerprint density at radius 3 is 2.68 bits per heavy atom. The molecule has 0 atom stereocenters. The highest BCUT2D eigenvalue weighted by molar-refractivity contribution is 7.98. The van der Waals surface area contributed by atoms with E-state index in [1.54, 1.807) is 11.8 Å². The number of nitrogens with zero attached hydrogens (tertiary/aromatic N) is 2. The summed E-state index contributed by atoms with van der Waals surface area (Å²) in [5.74, 6) is 2.41. The molecule has 148 valence electrons. The quantitative estimate of drug-likeness (QED) is 0.385. The van der Waals surface area contributed by atoms with Crippen molar-refractivity contribution < 1.29 is 9.53 Å². The minimum absolute atomic E-state index is 0.293. The number of carbonyl (C=O) groups is 1. The molecule has 0 aliphatic carbocycles. The number of esters is 1. The summed E-state index contributed by atoms with van der Waals surface area (Å²) >= 11 is 3.08. The molecule has 0 saturated carbocycles. The third-order valence-electron chi connectivity index (χ3n) is 4.09. The molecule has 0 spiro atoms. The van der Waals surface area contributed by atoms with Gasteiger partial charge in [0.15, 0.2) is 0 Å². The number of hydrogen-bond acceptors (Lipinski definition) is 7. The molecular formula is C21H25N3O2S2. The van der Waals surface area contributed by atoms with Gasteiger partial charge in [-0.1, -0.05) is 32.0 Å². The van der Waals surface area contributed by atoms with Gasteiger partial charge in [-0.05, 0) is 37.5 Å². The van der Waals surface area contributed by atoms with E-state index in [0.717, 1.165) is 34.0 Å². The molecule has 0 aliphatic rings. The Hall–Kier alpha value is -2.12. The summed E-state index contributed by atoms with van der Waals surface area (Å²) in [4.78, 5) is 24.4. The maximum atomic E-state index is 12.3. The van der Waals surface area contributed by atoms with Crippen LogP contribution in [-0.4, -0.2) is 29.1 Å². The molecular weight excluding hydrogens is 390 g/mol. The first-order valence-electron chi connectivity index (χ1n) is 9.38. The van der Waals surface area contributed by atoms with Crippen molar-refractivity contribution in [3.63, 3.8) is 0 Å². The molecule has 0 saturated heterocycles. The summed E-state index contributed by atoms with van der Waals surface area (Å²) in [5, 5.41) is 4.36. The maximum Gasteiger partial charge on any atom is 0.348 e. The van der Waals surface area contributed by atoms with Crippen LogP contribution in [0.2, 0.25) is 0 Å². The molecule has 5 nitrogen and oxygen atoms in total. The van der Waals surface area contributed by atoms with E-state index in [1.165, 1.54) is 16.2 Å². The van der Waals surface area contributed by atoms with Gasteiger partial charge >= 0.3 is 5.97 Å². The summed E-state index contributed by atoms with van der Waals surface area (Å²) in [5.41, 5.74) is 0.881. The topological polar surface area (TPSA) is 64.1 Å². The smallest absolute Gasteiger partial charge is 0.348 e. The van der Waals surface area contributed by atoms with E-state index in [4.69, 9.17) is 14.7 Å². The van der Waals surface area contributed by atoms with E-state index < -0.39 is 0 Å². The van der Waals surface area contributed by atoms with E-state index in [2.05, 4.69) is 31.3 Å². The number of aromatic nitrogens is 2. The fourth-order valence-electron chi connectivity index (χ4n) is 2.73. The van der Waals surface area contributed by atoms with Crippen LogP contribution >= 0.6 is 23.1 Å². The van der Waals surface area contributed by atoms with Crippen molar-refractivity contribution >= 4 is 45.1 Å². The van der Waals surface area contributed by atoms with E-state index in [9.17, 15) is 4.79 Å². The second-order valence-electron chi connectivity index (χ2n) is 6.82. The number of anilines is 1. The first kappa shape index (κ1) is 20.6. The molecule has 1 aromatic carbocycles. The van der Waals surface area contributed by atoms with E-state index in [1.807, 2.05) is 32.0 Å². The zero-order valence-corrected chi connectivity index (χ0v) is 18.2. The molecule has 1 N–H and O–H groups in total. The van der Waals surface area contributed by atoms with E-state index in [0.29, 0.717) is 23.2 Å². The summed E-state index contributed by atoms with van der Waals surface area (Å²) < 4.78 is 5.21. The molecule has 3 rings (SSSR count). The van der Waals surface area contributed by atoms with Gasteiger partial charge in [0, 0.05) is 11.4 Å². The molecule has 7 heteroatoms. The number of thiophene rings is 1. The Morgan fingerprint density at radius 1 is 1.25 bits per heavy atom. The number of ether oxygens (including phenoxy) is 1. The highest BCUT2D eigenvalue weighted by Crippen LogP contribution is 2.35. The van der Waals surface area contributed by atoms with Gasteiger partial charge in [-0.25, -0.2) is 14.8 Å². The number of fused-ring (bicyclic) bond motifs is 1. The molecule has 0 bridgehead atoms. The van der Waals surface area contributed by atoms with Gasteiger partial charge in [0.25, 0.3) is 0 Å². The van der Waals surface area contributed by atoms with Crippen LogP contribution < -0.4 is 5.32 Å². The van der Waals surface area contributed by atoms with Crippen molar-refractivity contribution in [1.29, 1.82) is 0 Å². The lowest BCUT2D eigenvalue weighted by atomic mass is 10.2. The van der Waals surface area contributed by atoms with Crippen molar-refractivity contribution in [1.82, 2.24) is 9.97 Å². The van der Waals surface area contributed by atoms with Crippen LogP contribution in [0.25, 0.3) is 10.2 Å². The Balaban J connectivity index is 1.97. The number of aryl methyl sites for hydroxylation is 1. The van der Waals surface area contributed by atoms with Crippen molar-refractivity contribution in [3.05, 3.63) is 46.6 Å². The normalized spacial score (nSPS) is 11.2. The van der Waals surface area contributed by atoms with Crippen molar-refractivity contribution in [2.24, 2.45) is 5.92 Å². The number of benzene rings is 1. The lowest BCUT2D eigenvalue weighted by molar-refractivity contribution is 0.0531. The molecule has 2 aromatic heterocycles. The maximum absolute atomic E-state index is 12.3. The average Bonchev–Trinajstić information content (AvgIpc) is 3.02. The first-order chi connectivity index (χ1) is 13.5. The minimum Gasteiger partial charge on any atom is -0.462 e. The Labute approximate surface area is 173 Å². The van der Waals surface area contributed by atoms with Crippen LogP contribution in [0.4, 0.5) is 5.82 Å². The monoisotopic (exact) mass is 415 g/mol. The molecule has 0 amide bonds. The van der Waals surface area contributed by atoms with Crippen LogP contribution in [0.1, 0.15) is 41.8 Å². The number of thioether (sulfide) groups is 1.